The van der Waals surface area contributed by atoms with Gasteiger partial charge in [0.25, 0.3) is 0 Å². The van der Waals surface area contributed by atoms with Crippen LogP contribution in [0.25, 0.3) is 0 Å². The fraction of sp³-hybridized carbons (Fsp3) is 0.263. The van der Waals surface area contributed by atoms with Crippen molar-refractivity contribution >= 4 is 23.3 Å². The first kappa shape index (κ1) is 16.3. The number of carbonyl (C=O) groups excluding carboxylic acids is 2. The van der Waals surface area contributed by atoms with E-state index in [9.17, 15) is 9.59 Å². The highest BCUT2D eigenvalue weighted by molar-refractivity contribution is 5.99. The minimum absolute atomic E-state index is 0.183. The van der Waals surface area contributed by atoms with E-state index in [1.165, 1.54) is 0 Å². The smallest absolute Gasteiger partial charge is 0.322 e. The minimum Gasteiger partial charge on any atom is -0.454 e. The van der Waals surface area contributed by atoms with E-state index in [1.54, 1.807) is 23.1 Å². The lowest BCUT2D eigenvalue weighted by atomic mass is 10.2. The third kappa shape index (κ3) is 3.28. The first-order chi connectivity index (χ1) is 12.7. The molecule has 2 aliphatic rings. The van der Waals surface area contributed by atoms with E-state index in [4.69, 9.17) is 9.47 Å². The number of rotatable bonds is 3. The Kier molecular flexibility index (Phi) is 4.35. The standard InChI is InChI=1S/C19H19N3O4/c23-18(20-14-8-9-16-17(11-14)26-12-25-16)15-7-4-10-22(15)19(24)21-13-5-2-1-3-6-13/h1-3,5-6,8-9,11,15H,4,7,10,12H2,(H,20,23)(H,21,24)/t15-/m0/s1. The summed E-state index contributed by atoms with van der Waals surface area (Å²) in [5.41, 5.74) is 1.33. The van der Waals surface area contributed by atoms with Gasteiger partial charge in [0.1, 0.15) is 6.04 Å². The van der Waals surface area contributed by atoms with Crippen LogP contribution in [0.5, 0.6) is 11.5 Å². The van der Waals surface area contributed by atoms with Crippen molar-refractivity contribution in [1.82, 2.24) is 4.90 Å². The number of likely N-dealkylation sites (tertiary alicyclic amines) is 1. The molecule has 0 aliphatic carbocycles. The molecule has 134 valence electrons. The van der Waals surface area contributed by atoms with Crippen molar-refractivity contribution in [2.75, 3.05) is 24.0 Å². The number of hydrogen-bond acceptors (Lipinski definition) is 4. The van der Waals surface area contributed by atoms with E-state index in [-0.39, 0.29) is 18.7 Å². The molecular weight excluding hydrogens is 334 g/mol. The topological polar surface area (TPSA) is 79.9 Å². The summed E-state index contributed by atoms with van der Waals surface area (Å²) in [5, 5.41) is 5.70. The number of fused-ring (bicyclic) bond motifs is 1. The van der Waals surface area contributed by atoms with Crippen molar-refractivity contribution < 1.29 is 19.1 Å². The van der Waals surface area contributed by atoms with Gasteiger partial charge in [-0.05, 0) is 37.1 Å². The van der Waals surface area contributed by atoms with E-state index in [0.717, 1.165) is 6.42 Å². The predicted molar refractivity (Wildman–Crippen MR) is 96.4 cm³/mol. The molecular formula is C19H19N3O4. The van der Waals surface area contributed by atoms with Crippen LogP contribution in [-0.2, 0) is 4.79 Å². The summed E-state index contributed by atoms with van der Waals surface area (Å²) in [7, 11) is 0. The Hall–Kier alpha value is -3.22. The third-order valence-electron chi connectivity index (χ3n) is 4.48. The fourth-order valence-electron chi connectivity index (χ4n) is 3.20. The second-order valence-electron chi connectivity index (χ2n) is 6.20. The van der Waals surface area contributed by atoms with Crippen LogP contribution in [-0.4, -0.2) is 36.2 Å². The molecule has 7 heteroatoms. The number of benzene rings is 2. The van der Waals surface area contributed by atoms with Crippen molar-refractivity contribution in [1.29, 1.82) is 0 Å². The molecule has 1 fully saturated rings. The molecule has 0 bridgehead atoms. The van der Waals surface area contributed by atoms with Crippen LogP contribution >= 0.6 is 0 Å². The number of urea groups is 1. The Balaban J connectivity index is 1.42. The van der Waals surface area contributed by atoms with Gasteiger partial charge in [-0.1, -0.05) is 18.2 Å². The Morgan fingerprint density at radius 2 is 1.77 bits per heavy atom. The van der Waals surface area contributed by atoms with E-state index in [0.29, 0.717) is 35.8 Å². The SMILES string of the molecule is O=C(Nc1ccc2c(c1)OCO2)[C@@H]1CCCN1C(=O)Nc1ccccc1. The Morgan fingerprint density at radius 1 is 0.962 bits per heavy atom. The van der Waals surface area contributed by atoms with Crippen LogP contribution in [0.1, 0.15) is 12.8 Å². The molecule has 2 N–H and O–H groups in total. The molecule has 2 heterocycles. The van der Waals surface area contributed by atoms with Crippen LogP contribution in [0.2, 0.25) is 0 Å². The van der Waals surface area contributed by atoms with Crippen molar-refractivity contribution in [3.63, 3.8) is 0 Å². The number of hydrogen-bond donors (Lipinski definition) is 2. The molecule has 3 amide bonds. The molecule has 7 nitrogen and oxygen atoms in total. The summed E-state index contributed by atoms with van der Waals surface area (Å²) < 4.78 is 10.6. The fourth-order valence-corrected chi connectivity index (χ4v) is 3.20. The largest absolute Gasteiger partial charge is 0.454 e. The van der Waals surface area contributed by atoms with Crippen molar-refractivity contribution in [2.45, 2.75) is 18.9 Å². The lowest BCUT2D eigenvalue weighted by Crippen LogP contribution is -2.45. The maximum absolute atomic E-state index is 12.7. The van der Waals surface area contributed by atoms with Gasteiger partial charge < -0.3 is 25.0 Å². The number of para-hydroxylation sites is 1. The van der Waals surface area contributed by atoms with Gasteiger partial charge in [0.15, 0.2) is 11.5 Å². The number of ether oxygens (including phenoxy) is 2. The zero-order valence-corrected chi connectivity index (χ0v) is 14.1. The number of nitrogens with one attached hydrogen (secondary N) is 2. The lowest BCUT2D eigenvalue weighted by molar-refractivity contribution is -0.119. The van der Waals surface area contributed by atoms with Crippen LogP contribution in [0, 0.1) is 0 Å². The van der Waals surface area contributed by atoms with Gasteiger partial charge in [-0.3, -0.25) is 4.79 Å². The summed E-state index contributed by atoms with van der Waals surface area (Å²) in [5.74, 6) is 1.06. The average Bonchev–Trinajstić information content (AvgIpc) is 3.31. The van der Waals surface area contributed by atoms with Gasteiger partial charge in [-0.2, -0.15) is 0 Å². The molecule has 2 aromatic carbocycles. The van der Waals surface area contributed by atoms with E-state index in [2.05, 4.69) is 10.6 Å². The number of anilines is 2. The number of nitrogens with zero attached hydrogens (tertiary/aromatic N) is 1. The molecule has 2 aromatic rings. The molecule has 2 aliphatic heterocycles. The van der Waals surface area contributed by atoms with Crippen molar-refractivity contribution in [2.24, 2.45) is 0 Å². The zero-order chi connectivity index (χ0) is 17.9. The quantitative estimate of drug-likeness (QED) is 0.889. The van der Waals surface area contributed by atoms with Crippen LogP contribution < -0.4 is 20.1 Å². The Morgan fingerprint density at radius 3 is 2.62 bits per heavy atom. The molecule has 0 radical (unpaired) electrons. The summed E-state index contributed by atoms with van der Waals surface area (Å²) in [4.78, 5) is 26.8. The van der Waals surface area contributed by atoms with Gasteiger partial charge in [-0.25, -0.2) is 4.79 Å². The van der Waals surface area contributed by atoms with Crippen LogP contribution in [0.15, 0.2) is 48.5 Å². The molecule has 1 atom stereocenters. The maximum atomic E-state index is 12.7. The van der Waals surface area contributed by atoms with E-state index < -0.39 is 6.04 Å². The summed E-state index contributed by atoms with van der Waals surface area (Å²) in [6, 6.07) is 13.7. The molecule has 1 saturated heterocycles. The monoisotopic (exact) mass is 353 g/mol. The van der Waals surface area contributed by atoms with Crippen molar-refractivity contribution in [3.8, 4) is 11.5 Å². The van der Waals surface area contributed by atoms with Crippen LogP contribution in [0.3, 0.4) is 0 Å². The second kappa shape index (κ2) is 6.95. The minimum atomic E-state index is -0.496. The highest BCUT2D eigenvalue weighted by Gasteiger charge is 2.34. The second-order valence-corrected chi connectivity index (χ2v) is 6.20. The zero-order valence-electron chi connectivity index (χ0n) is 14.1. The van der Waals surface area contributed by atoms with Gasteiger partial charge >= 0.3 is 6.03 Å². The molecule has 4 rings (SSSR count). The number of amides is 3. The molecule has 0 saturated carbocycles. The summed E-state index contributed by atoms with van der Waals surface area (Å²) in [6.45, 7) is 0.737. The first-order valence-corrected chi connectivity index (χ1v) is 8.54. The average molecular weight is 353 g/mol. The van der Waals surface area contributed by atoms with Gasteiger partial charge in [0, 0.05) is 24.0 Å². The first-order valence-electron chi connectivity index (χ1n) is 8.54. The molecule has 0 unspecified atom stereocenters. The van der Waals surface area contributed by atoms with Gasteiger partial charge in [-0.15, -0.1) is 0 Å². The number of carbonyl (C=O) groups is 2. The van der Waals surface area contributed by atoms with Gasteiger partial charge in [0.05, 0.1) is 0 Å². The maximum Gasteiger partial charge on any atom is 0.322 e. The van der Waals surface area contributed by atoms with E-state index >= 15 is 0 Å². The van der Waals surface area contributed by atoms with Gasteiger partial charge in [0.2, 0.25) is 12.7 Å². The van der Waals surface area contributed by atoms with Crippen LogP contribution in [0.4, 0.5) is 16.2 Å². The van der Waals surface area contributed by atoms with Crippen molar-refractivity contribution in [3.05, 3.63) is 48.5 Å². The lowest BCUT2D eigenvalue weighted by Gasteiger charge is -2.24. The summed E-state index contributed by atoms with van der Waals surface area (Å²) >= 11 is 0. The Bertz CT molecular complexity index is 825. The molecule has 0 spiro atoms. The molecule has 26 heavy (non-hydrogen) atoms. The predicted octanol–water partition coefficient (Wildman–Crippen LogP) is 3.05. The highest BCUT2D eigenvalue weighted by Crippen LogP contribution is 2.34. The third-order valence-corrected chi connectivity index (χ3v) is 4.48. The summed E-state index contributed by atoms with van der Waals surface area (Å²) in [6.07, 6.45) is 1.43. The highest BCUT2D eigenvalue weighted by atomic mass is 16.7. The Labute approximate surface area is 150 Å². The molecule has 0 aromatic heterocycles. The van der Waals surface area contributed by atoms with E-state index in [1.807, 2.05) is 30.3 Å². The normalized spacial score (nSPS) is 17.8.